The van der Waals surface area contributed by atoms with Crippen LogP contribution in [0.5, 0.6) is 0 Å². The van der Waals surface area contributed by atoms with Crippen LogP contribution in [-0.4, -0.2) is 55.8 Å². The standard InChI is InChI=1S/C11H15N5O4/c17-7-8-4-16(14-13-8)6-10(19)12-9(18)5-15-3-1-2-11(15)20/h4,17H,1-3,5-7H2,(H,12,18,19). The van der Waals surface area contributed by atoms with E-state index in [2.05, 4.69) is 15.6 Å². The molecule has 1 fully saturated rings. The summed E-state index contributed by atoms with van der Waals surface area (Å²) in [6.07, 6.45) is 2.60. The highest BCUT2D eigenvalue weighted by molar-refractivity contribution is 5.97. The minimum Gasteiger partial charge on any atom is -0.390 e. The number of hydrogen-bond acceptors (Lipinski definition) is 6. The Balaban J connectivity index is 1.78. The van der Waals surface area contributed by atoms with Crippen LogP contribution in [0.2, 0.25) is 0 Å². The van der Waals surface area contributed by atoms with Crippen LogP contribution in [0.4, 0.5) is 0 Å². The summed E-state index contributed by atoms with van der Waals surface area (Å²) >= 11 is 0. The van der Waals surface area contributed by atoms with Crippen molar-refractivity contribution in [1.82, 2.24) is 25.2 Å². The smallest absolute Gasteiger partial charge is 0.248 e. The number of rotatable bonds is 5. The fraction of sp³-hybridized carbons (Fsp3) is 0.545. The van der Waals surface area contributed by atoms with E-state index in [1.807, 2.05) is 0 Å². The quantitative estimate of drug-likeness (QED) is 0.647. The molecule has 0 spiro atoms. The molecule has 0 atom stereocenters. The topological polar surface area (TPSA) is 117 Å². The predicted molar refractivity (Wildman–Crippen MR) is 64.9 cm³/mol. The third kappa shape index (κ3) is 3.60. The van der Waals surface area contributed by atoms with Gasteiger partial charge in [-0.25, -0.2) is 4.68 Å². The highest BCUT2D eigenvalue weighted by Crippen LogP contribution is 2.08. The first-order valence-corrected chi connectivity index (χ1v) is 6.19. The Labute approximate surface area is 114 Å². The highest BCUT2D eigenvalue weighted by Gasteiger charge is 2.23. The minimum absolute atomic E-state index is 0.0727. The third-order valence-corrected chi connectivity index (χ3v) is 2.84. The molecular weight excluding hydrogens is 266 g/mol. The maximum absolute atomic E-state index is 11.6. The highest BCUT2D eigenvalue weighted by atomic mass is 16.3. The van der Waals surface area contributed by atoms with Crippen LogP contribution >= 0.6 is 0 Å². The number of aromatic nitrogens is 3. The molecule has 9 heteroatoms. The van der Waals surface area contributed by atoms with Gasteiger partial charge in [0.25, 0.3) is 0 Å². The van der Waals surface area contributed by atoms with Gasteiger partial charge in [-0.1, -0.05) is 5.21 Å². The molecule has 0 unspecified atom stereocenters. The van der Waals surface area contributed by atoms with E-state index >= 15 is 0 Å². The number of imide groups is 1. The lowest BCUT2D eigenvalue weighted by Gasteiger charge is -2.14. The van der Waals surface area contributed by atoms with E-state index in [0.717, 1.165) is 6.42 Å². The lowest BCUT2D eigenvalue weighted by atomic mass is 10.4. The van der Waals surface area contributed by atoms with Gasteiger partial charge >= 0.3 is 0 Å². The van der Waals surface area contributed by atoms with Gasteiger partial charge in [-0.3, -0.25) is 19.7 Å². The summed E-state index contributed by atoms with van der Waals surface area (Å²) in [6, 6.07) is 0. The van der Waals surface area contributed by atoms with Crippen LogP contribution in [0.25, 0.3) is 0 Å². The molecule has 1 aliphatic heterocycles. The van der Waals surface area contributed by atoms with E-state index in [-0.39, 0.29) is 25.6 Å². The summed E-state index contributed by atoms with van der Waals surface area (Å²) in [7, 11) is 0. The molecule has 2 N–H and O–H groups in total. The molecule has 3 amide bonds. The molecule has 0 radical (unpaired) electrons. The number of nitrogens with zero attached hydrogens (tertiary/aromatic N) is 4. The van der Waals surface area contributed by atoms with Crippen LogP contribution < -0.4 is 5.32 Å². The molecule has 2 heterocycles. The molecule has 0 saturated carbocycles. The lowest BCUT2D eigenvalue weighted by molar-refractivity contribution is -0.136. The number of amides is 3. The summed E-state index contributed by atoms with van der Waals surface area (Å²) in [4.78, 5) is 35.9. The van der Waals surface area contributed by atoms with Crippen molar-refractivity contribution >= 4 is 17.7 Å². The first-order chi connectivity index (χ1) is 9.58. The van der Waals surface area contributed by atoms with E-state index in [4.69, 9.17) is 5.11 Å². The van der Waals surface area contributed by atoms with Gasteiger partial charge < -0.3 is 10.0 Å². The van der Waals surface area contributed by atoms with Crippen molar-refractivity contribution in [2.75, 3.05) is 13.1 Å². The van der Waals surface area contributed by atoms with Gasteiger partial charge in [-0.05, 0) is 6.42 Å². The van der Waals surface area contributed by atoms with Gasteiger partial charge in [0, 0.05) is 13.0 Å². The number of nitrogens with one attached hydrogen (secondary N) is 1. The molecule has 0 bridgehead atoms. The minimum atomic E-state index is -0.545. The monoisotopic (exact) mass is 281 g/mol. The number of likely N-dealkylation sites (tertiary alicyclic amines) is 1. The van der Waals surface area contributed by atoms with Gasteiger partial charge in [0.15, 0.2) is 0 Å². The fourth-order valence-electron chi connectivity index (χ4n) is 1.91. The maximum atomic E-state index is 11.6. The molecule has 1 aliphatic rings. The van der Waals surface area contributed by atoms with Crippen molar-refractivity contribution < 1.29 is 19.5 Å². The zero-order valence-electron chi connectivity index (χ0n) is 10.8. The number of carbonyl (C=O) groups is 3. The molecular formula is C11H15N5O4. The number of carbonyl (C=O) groups excluding carboxylic acids is 3. The predicted octanol–water partition coefficient (Wildman–Crippen LogP) is -1.96. The van der Waals surface area contributed by atoms with E-state index in [0.29, 0.717) is 18.7 Å². The first kappa shape index (κ1) is 14.1. The molecule has 20 heavy (non-hydrogen) atoms. The van der Waals surface area contributed by atoms with E-state index in [1.165, 1.54) is 15.8 Å². The van der Waals surface area contributed by atoms with Crippen LogP contribution in [0.15, 0.2) is 6.20 Å². The fourth-order valence-corrected chi connectivity index (χ4v) is 1.91. The zero-order chi connectivity index (χ0) is 14.5. The third-order valence-electron chi connectivity index (χ3n) is 2.84. The first-order valence-electron chi connectivity index (χ1n) is 6.19. The summed E-state index contributed by atoms with van der Waals surface area (Å²) in [6.45, 7) is -0.00247. The molecule has 1 aromatic heterocycles. The lowest BCUT2D eigenvalue weighted by Crippen LogP contribution is -2.41. The largest absolute Gasteiger partial charge is 0.390 e. The average Bonchev–Trinajstić information content (AvgIpc) is 2.99. The SMILES string of the molecule is O=C(CN1CCCC1=O)NC(=O)Cn1cc(CO)nn1. The Kier molecular flexibility index (Phi) is 4.41. The second-order valence-corrected chi connectivity index (χ2v) is 4.46. The van der Waals surface area contributed by atoms with Crippen molar-refractivity contribution in [2.24, 2.45) is 0 Å². The molecule has 9 nitrogen and oxygen atoms in total. The van der Waals surface area contributed by atoms with Crippen LogP contribution in [0, 0.1) is 0 Å². The summed E-state index contributed by atoms with van der Waals surface area (Å²) in [5, 5.41) is 18.2. The molecule has 0 aromatic carbocycles. The summed E-state index contributed by atoms with van der Waals surface area (Å²) in [5.74, 6) is -1.14. The van der Waals surface area contributed by atoms with Crippen LogP contribution in [-0.2, 0) is 27.5 Å². The van der Waals surface area contributed by atoms with Gasteiger partial charge in [-0.15, -0.1) is 5.10 Å². The Morgan fingerprint density at radius 2 is 2.10 bits per heavy atom. The molecule has 0 aliphatic carbocycles. The van der Waals surface area contributed by atoms with Gasteiger partial charge in [0.2, 0.25) is 17.7 Å². The normalized spacial score (nSPS) is 14.7. The van der Waals surface area contributed by atoms with Gasteiger partial charge in [0.1, 0.15) is 12.2 Å². The number of aliphatic hydroxyl groups excluding tert-OH is 1. The van der Waals surface area contributed by atoms with E-state index < -0.39 is 11.8 Å². The second-order valence-electron chi connectivity index (χ2n) is 4.46. The Morgan fingerprint density at radius 1 is 1.35 bits per heavy atom. The Morgan fingerprint density at radius 3 is 2.70 bits per heavy atom. The van der Waals surface area contributed by atoms with Crippen LogP contribution in [0.1, 0.15) is 18.5 Å². The molecule has 2 rings (SSSR count). The summed E-state index contributed by atoms with van der Waals surface area (Å²) < 4.78 is 1.22. The van der Waals surface area contributed by atoms with Crippen molar-refractivity contribution in [1.29, 1.82) is 0 Å². The second kappa shape index (κ2) is 6.24. The van der Waals surface area contributed by atoms with Crippen molar-refractivity contribution in [2.45, 2.75) is 26.0 Å². The van der Waals surface area contributed by atoms with Gasteiger partial charge in [0.05, 0.1) is 19.3 Å². The molecule has 108 valence electrons. The Bertz CT molecular complexity index is 527. The van der Waals surface area contributed by atoms with E-state index in [1.54, 1.807) is 0 Å². The van der Waals surface area contributed by atoms with Gasteiger partial charge in [-0.2, -0.15) is 0 Å². The molecule has 1 saturated heterocycles. The van der Waals surface area contributed by atoms with E-state index in [9.17, 15) is 14.4 Å². The number of hydrogen-bond donors (Lipinski definition) is 2. The van der Waals surface area contributed by atoms with Crippen molar-refractivity contribution in [3.05, 3.63) is 11.9 Å². The molecule has 1 aromatic rings. The maximum Gasteiger partial charge on any atom is 0.248 e. The Hall–Kier alpha value is -2.29. The van der Waals surface area contributed by atoms with Crippen molar-refractivity contribution in [3.63, 3.8) is 0 Å². The summed E-state index contributed by atoms with van der Waals surface area (Å²) in [5.41, 5.74) is 0.340. The zero-order valence-corrected chi connectivity index (χ0v) is 10.8. The van der Waals surface area contributed by atoms with Crippen LogP contribution in [0.3, 0.4) is 0 Å². The van der Waals surface area contributed by atoms with Crippen molar-refractivity contribution in [3.8, 4) is 0 Å². The number of aliphatic hydroxyl groups is 1. The average molecular weight is 281 g/mol.